The second kappa shape index (κ2) is 7.74. The fraction of sp³-hybridized carbons (Fsp3) is 0.350. The number of ether oxygens (including phenoxy) is 1. The van der Waals surface area contributed by atoms with E-state index < -0.39 is 6.10 Å². The lowest BCUT2D eigenvalue weighted by molar-refractivity contribution is -0.142. The van der Waals surface area contributed by atoms with Crippen LogP contribution in [-0.2, 0) is 16.0 Å². The van der Waals surface area contributed by atoms with Crippen molar-refractivity contribution >= 4 is 5.91 Å². The highest BCUT2D eigenvalue weighted by Crippen LogP contribution is 2.28. The standard InChI is InChI=1S/C20H22FNO4/c1-13(10-14-6-7-17(23)18(24)11-14)20(25)22-8-9-26-19(12-22)15-4-2-3-5-16(15)21/h2-7,11,13,19,23-24H,8-10,12H2,1H3/t13-,19+/m0/s1. The highest BCUT2D eigenvalue weighted by Gasteiger charge is 2.29. The summed E-state index contributed by atoms with van der Waals surface area (Å²) in [5, 5.41) is 19.0. The van der Waals surface area contributed by atoms with Crippen LogP contribution in [0.5, 0.6) is 11.5 Å². The molecule has 138 valence electrons. The summed E-state index contributed by atoms with van der Waals surface area (Å²) in [7, 11) is 0. The molecular formula is C20H22FNO4. The minimum atomic E-state index is -0.473. The maximum atomic E-state index is 14.0. The van der Waals surface area contributed by atoms with Gasteiger partial charge in [0.25, 0.3) is 0 Å². The highest BCUT2D eigenvalue weighted by molar-refractivity contribution is 5.79. The Balaban J connectivity index is 1.66. The normalized spacial score (nSPS) is 18.5. The molecule has 26 heavy (non-hydrogen) atoms. The van der Waals surface area contributed by atoms with E-state index in [0.717, 1.165) is 5.56 Å². The molecule has 6 heteroatoms. The van der Waals surface area contributed by atoms with Gasteiger partial charge in [0.1, 0.15) is 11.9 Å². The molecule has 1 aliphatic rings. The minimum Gasteiger partial charge on any atom is -0.504 e. The lowest BCUT2D eigenvalue weighted by Crippen LogP contribution is -2.45. The van der Waals surface area contributed by atoms with Crippen molar-refractivity contribution in [3.05, 3.63) is 59.4 Å². The van der Waals surface area contributed by atoms with Crippen LogP contribution < -0.4 is 0 Å². The van der Waals surface area contributed by atoms with Gasteiger partial charge in [0.2, 0.25) is 5.91 Å². The summed E-state index contributed by atoms with van der Waals surface area (Å²) in [4.78, 5) is 14.5. The van der Waals surface area contributed by atoms with Crippen molar-refractivity contribution in [3.63, 3.8) is 0 Å². The van der Waals surface area contributed by atoms with E-state index in [2.05, 4.69) is 0 Å². The zero-order valence-corrected chi connectivity index (χ0v) is 14.6. The molecule has 1 heterocycles. The number of benzene rings is 2. The fourth-order valence-electron chi connectivity index (χ4n) is 3.22. The SMILES string of the molecule is C[C@@H](Cc1ccc(O)c(O)c1)C(=O)N1CCO[C@@H](c2ccccc2F)C1. The number of hydrogen-bond acceptors (Lipinski definition) is 4. The van der Waals surface area contributed by atoms with Gasteiger partial charge in [-0.15, -0.1) is 0 Å². The van der Waals surface area contributed by atoms with Crippen molar-refractivity contribution in [2.45, 2.75) is 19.4 Å². The summed E-state index contributed by atoms with van der Waals surface area (Å²) in [6.07, 6.45) is -0.0344. The van der Waals surface area contributed by atoms with Gasteiger partial charge in [-0.25, -0.2) is 4.39 Å². The monoisotopic (exact) mass is 359 g/mol. The van der Waals surface area contributed by atoms with E-state index >= 15 is 0 Å². The number of amides is 1. The lowest BCUT2D eigenvalue weighted by Gasteiger charge is -2.34. The van der Waals surface area contributed by atoms with E-state index in [-0.39, 0.29) is 29.1 Å². The van der Waals surface area contributed by atoms with Crippen molar-refractivity contribution in [3.8, 4) is 11.5 Å². The molecule has 3 rings (SSSR count). The van der Waals surface area contributed by atoms with Crippen molar-refractivity contribution < 1.29 is 24.1 Å². The van der Waals surface area contributed by atoms with Crippen LogP contribution in [0.4, 0.5) is 4.39 Å². The molecular weight excluding hydrogens is 337 g/mol. The molecule has 1 amide bonds. The quantitative estimate of drug-likeness (QED) is 0.824. The largest absolute Gasteiger partial charge is 0.504 e. The summed E-state index contributed by atoms with van der Waals surface area (Å²) in [5.41, 5.74) is 1.22. The third-order valence-corrected chi connectivity index (χ3v) is 4.63. The van der Waals surface area contributed by atoms with Gasteiger partial charge in [-0.3, -0.25) is 4.79 Å². The lowest BCUT2D eigenvalue weighted by atomic mass is 9.98. The molecule has 0 unspecified atom stereocenters. The molecule has 2 aromatic rings. The Morgan fingerprint density at radius 2 is 2.04 bits per heavy atom. The zero-order valence-electron chi connectivity index (χ0n) is 14.6. The molecule has 1 aliphatic heterocycles. The average Bonchev–Trinajstić information content (AvgIpc) is 2.64. The Kier molecular flexibility index (Phi) is 5.42. The van der Waals surface area contributed by atoms with Crippen LogP contribution in [0, 0.1) is 11.7 Å². The number of phenols is 2. The summed E-state index contributed by atoms with van der Waals surface area (Å²) < 4.78 is 19.6. The molecule has 0 radical (unpaired) electrons. The van der Waals surface area contributed by atoms with Crippen LogP contribution in [0.3, 0.4) is 0 Å². The topological polar surface area (TPSA) is 70.0 Å². The van der Waals surface area contributed by atoms with Gasteiger partial charge < -0.3 is 19.8 Å². The van der Waals surface area contributed by atoms with Crippen molar-refractivity contribution in [1.82, 2.24) is 4.90 Å². The van der Waals surface area contributed by atoms with Crippen LogP contribution in [0.15, 0.2) is 42.5 Å². The first kappa shape index (κ1) is 18.2. The number of hydrogen-bond donors (Lipinski definition) is 2. The number of morpholine rings is 1. The van der Waals surface area contributed by atoms with Gasteiger partial charge in [0, 0.05) is 18.0 Å². The van der Waals surface area contributed by atoms with Gasteiger partial charge in [-0.1, -0.05) is 31.2 Å². The van der Waals surface area contributed by atoms with Crippen LogP contribution in [0.2, 0.25) is 0 Å². The molecule has 2 atom stereocenters. The molecule has 2 N–H and O–H groups in total. The minimum absolute atomic E-state index is 0.0396. The third-order valence-electron chi connectivity index (χ3n) is 4.63. The molecule has 0 aliphatic carbocycles. The fourth-order valence-corrected chi connectivity index (χ4v) is 3.22. The molecule has 0 bridgehead atoms. The Morgan fingerprint density at radius 3 is 2.77 bits per heavy atom. The molecule has 5 nitrogen and oxygen atoms in total. The number of halogens is 1. The van der Waals surface area contributed by atoms with E-state index in [1.165, 1.54) is 18.2 Å². The third kappa shape index (κ3) is 3.96. The van der Waals surface area contributed by atoms with E-state index in [9.17, 15) is 19.4 Å². The van der Waals surface area contributed by atoms with Gasteiger partial charge in [0.15, 0.2) is 11.5 Å². The molecule has 2 aromatic carbocycles. The van der Waals surface area contributed by atoms with Crippen molar-refractivity contribution in [2.24, 2.45) is 5.92 Å². The number of phenolic OH excluding ortho intramolecular Hbond substituents is 2. The van der Waals surface area contributed by atoms with Gasteiger partial charge in [-0.05, 0) is 30.2 Å². The molecule has 0 saturated carbocycles. The van der Waals surface area contributed by atoms with Crippen LogP contribution in [0.25, 0.3) is 0 Å². The predicted octanol–water partition coefficient (Wildman–Crippen LogP) is 3.02. The Labute approximate surface area is 151 Å². The molecule has 0 spiro atoms. The first-order valence-corrected chi connectivity index (χ1v) is 8.61. The van der Waals surface area contributed by atoms with Crippen LogP contribution in [-0.4, -0.2) is 40.7 Å². The van der Waals surface area contributed by atoms with E-state index in [0.29, 0.717) is 31.7 Å². The van der Waals surface area contributed by atoms with Gasteiger partial charge >= 0.3 is 0 Å². The summed E-state index contributed by atoms with van der Waals surface area (Å²) >= 11 is 0. The van der Waals surface area contributed by atoms with Gasteiger partial charge in [-0.2, -0.15) is 0 Å². The van der Waals surface area contributed by atoms with E-state index in [1.807, 2.05) is 6.92 Å². The first-order chi connectivity index (χ1) is 12.5. The Hall–Kier alpha value is -2.60. The van der Waals surface area contributed by atoms with Crippen molar-refractivity contribution in [2.75, 3.05) is 19.7 Å². The number of aromatic hydroxyl groups is 2. The Bertz CT molecular complexity index is 795. The van der Waals surface area contributed by atoms with Gasteiger partial charge in [0.05, 0.1) is 13.2 Å². The highest BCUT2D eigenvalue weighted by atomic mass is 19.1. The molecule has 1 fully saturated rings. The number of nitrogens with zero attached hydrogens (tertiary/aromatic N) is 1. The summed E-state index contributed by atoms with van der Waals surface area (Å²) in [6.45, 7) is 2.96. The number of carbonyl (C=O) groups excluding carboxylic acids is 1. The zero-order chi connectivity index (χ0) is 18.7. The summed E-state index contributed by atoms with van der Waals surface area (Å²) in [5.74, 6) is -1.07. The Morgan fingerprint density at radius 1 is 1.27 bits per heavy atom. The van der Waals surface area contributed by atoms with Crippen molar-refractivity contribution in [1.29, 1.82) is 0 Å². The van der Waals surface area contributed by atoms with Crippen LogP contribution in [0.1, 0.15) is 24.2 Å². The summed E-state index contributed by atoms with van der Waals surface area (Å²) in [6, 6.07) is 11.0. The number of rotatable bonds is 4. The first-order valence-electron chi connectivity index (χ1n) is 8.61. The number of carbonyl (C=O) groups is 1. The van der Waals surface area contributed by atoms with E-state index in [1.54, 1.807) is 29.2 Å². The van der Waals surface area contributed by atoms with Crippen LogP contribution >= 0.6 is 0 Å². The maximum Gasteiger partial charge on any atom is 0.225 e. The maximum absolute atomic E-state index is 14.0. The second-order valence-corrected chi connectivity index (χ2v) is 6.59. The molecule has 1 saturated heterocycles. The second-order valence-electron chi connectivity index (χ2n) is 6.59. The molecule has 0 aromatic heterocycles. The van der Waals surface area contributed by atoms with E-state index in [4.69, 9.17) is 4.74 Å². The average molecular weight is 359 g/mol. The smallest absolute Gasteiger partial charge is 0.225 e. The predicted molar refractivity (Wildman–Crippen MR) is 94.3 cm³/mol.